The first-order valence-corrected chi connectivity index (χ1v) is 7.58. The molecule has 0 atom stereocenters. The van der Waals surface area contributed by atoms with E-state index in [1.165, 1.54) is 6.07 Å². The molecule has 0 saturated heterocycles. The lowest BCUT2D eigenvalue weighted by atomic mass is 10.1. The van der Waals surface area contributed by atoms with Crippen molar-refractivity contribution in [2.45, 2.75) is 39.0 Å². The maximum atomic E-state index is 14.1. The zero-order valence-corrected chi connectivity index (χ0v) is 12.5. The summed E-state index contributed by atoms with van der Waals surface area (Å²) in [5.74, 6) is 1.89. The van der Waals surface area contributed by atoms with Crippen LogP contribution in [0.1, 0.15) is 43.5 Å². The van der Waals surface area contributed by atoms with Crippen LogP contribution in [0.25, 0.3) is 11.3 Å². The molecule has 0 spiro atoms. The minimum atomic E-state index is -0.234. The highest BCUT2D eigenvalue weighted by Gasteiger charge is 2.28. The van der Waals surface area contributed by atoms with Crippen molar-refractivity contribution < 1.29 is 4.39 Å². The fourth-order valence-corrected chi connectivity index (χ4v) is 2.39. The summed E-state index contributed by atoms with van der Waals surface area (Å²) in [6, 6.07) is 6.81. The number of hydrogen-bond acceptors (Lipinski definition) is 3. The van der Waals surface area contributed by atoms with Gasteiger partial charge in [0.25, 0.3) is 0 Å². The van der Waals surface area contributed by atoms with Crippen LogP contribution >= 0.6 is 0 Å². The molecule has 110 valence electrons. The maximum absolute atomic E-state index is 14.1. The van der Waals surface area contributed by atoms with E-state index in [9.17, 15) is 4.39 Å². The highest BCUT2D eigenvalue weighted by Crippen LogP contribution is 2.40. The smallest absolute Gasteiger partial charge is 0.134 e. The Morgan fingerprint density at radius 1 is 1.24 bits per heavy atom. The molecule has 0 unspecified atom stereocenters. The lowest BCUT2D eigenvalue weighted by Crippen LogP contribution is -2.09. The van der Waals surface area contributed by atoms with Crippen molar-refractivity contribution in [1.82, 2.24) is 9.97 Å². The normalized spacial score (nSPS) is 14.2. The van der Waals surface area contributed by atoms with Crippen LogP contribution in [0.15, 0.2) is 24.3 Å². The minimum absolute atomic E-state index is 0.234. The largest absolute Gasteiger partial charge is 0.370 e. The molecule has 1 aromatic heterocycles. The van der Waals surface area contributed by atoms with Crippen molar-refractivity contribution >= 4 is 5.82 Å². The molecule has 0 aliphatic heterocycles. The summed E-state index contributed by atoms with van der Waals surface area (Å²) in [6.45, 7) is 4.93. The highest BCUT2D eigenvalue weighted by atomic mass is 19.1. The average Bonchev–Trinajstić information content (AvgIpc) is 3.32. The molecule has 0 radical (unpaired) electrons. The van der Waals surface area contributed by atoms with Gasteiger partial charge in [-0.1, -0.05) is 19.1 Å². The SMILES string of the molecule is CCCNc1nc(C2CC2)nc(-c2ccccc2F)c1C. The number of rotatable bonds is 5. The molecule has 1 aliphatic rings. The quantitative estimate of drug-likeness (QED) is 0.890. The van der Waals surface area contributed by atoms with E-state index in [1.807, 2.05) is 13.0 Å². The van der Waals surface area contributed by atoms with E-state index < -0.39 is 0 Å². The van der Waals surface area contributed by atoms with Gasteiger partial charge in [0.15, 0.2) is 0 Å². The van der Waals surface area contributed by atoms with E-state index in [-0.39, 0.29) is 5.82 Å². The van der Waals surface area contributed by atoms with Gasteiger partial charge in [-0.25, -0.2) is 14.4 Å². The van der Waals surface area contributed by atoms with Crippen LogP contribution < -0.4 is 5.32 Å². The van der Waals surface area contributed by atoms with E-state index in [1.54, 1.807) is 12.1 Å². The Morgan fingerprint density at radius 2 is 2.00 bits per heavy atom. The fourth-order valence-electron chi connectivity index (χ4n) is 2.39. The van der Waals surface area contributed by atoms with Crippen LogP contribution in [0.5, 0.6) is 0 Å². The lowest BCUT2D eigenvalue weighted by molar-refractivity contribution is 0.630. The first-order valence-electron chi connectivity index (χ1n) is 7.58. The third kappa shape index (κ3) is 2.89. The Hall–Kier alpha value is -1.97. The maximum Gasteiger partial charge on any atom is 0.134 e. The Balaban J connectivity index is 2.09. The third-order valence-electron chi connectivity index (χ3n) is 3.78. The van der Waals surface area contributed by atoms with E-state index >= 15 is 0 Å². The molecule has 0 amide bonds. The van der Waals surface area contributed by atoms with Crippen LogP contribution in [0.4, 0.5) is 10.2 Å². The number of benzene rings is 1. The summed E-state index contributed by atoms with van der Waals surface area (Å²) >= 11 is 0. The second kappa shape index (κ2) is 5.80. The lowest BCUT2D eigenvalue weighted by Gasteiger charge is -2.14. The van der Waals surface area contributed by atoms with Gasteiger partial charge in [-0.05, 0) is 38.3 Å². The number of hydrogen-bond donors (Lipinski definition) is 1. The predicted molar refractivity (Wildman–Crippen MR) is 82.9 cm³/mol. The molecule has 1 aliphatic carbocycles. The van der Waals surface area contributed by atoms with Crippen molar-refractivity contribution in [2.24, 2.45) is 0 Å². The zero-order chi connectivity index (χ0) is 14.8. The van der Waals surface area contributed by atoms with Gasteiger partial charge < -0.3 is 5.32 Å². The van der Waals surface area contributed by atoms with Crippen molar-refractivity contribution in [2.75, 3.05) is 11.9 Å². The molecule has 1 N–H and O–H groups in total. The molecule has 4 heteroatoms. The molecule has 3 rings (SSSR count). The van der Waals surface area contributed by atoms with Crippen molar-refractivity contribution in [3.05, 3.63) is 41.5 Å². The molecule has 0 bridgehead atoms. The molecule has 1 fully saturated rings. The minimum Gasteiger partial charge on any atom is -0.370 e. The summed E-state index contributed by atoms with van der Waals surface area (Å²) in [5, 5.41) is 3.34. The third-order valence-corrected chi connectivity index (χ3v) is 3.78. The Morgan fingerprint density at radius 3 is 2.67 bits per heavy atom. The van der Waals surface area contributed by atoms with Crippen LogP contribution in [0.3, 0.4) is 0 Å². The van der Waals surface area contributed by atoms with E-state index in [0.29, 0.717) is 17.2 Å². The van der Waals surface area contributed by atoms with Gasteiger partial charge in [-0.2, -0.15) is 0 Å². The molecule has 1 aromatic carbocycles. The van der Waals surface area contributed by atoms with Crippen LogP contribution in [0, 0.1) is 12.7 Å². The van der Waals surface area contributed by atoms with Gasteiger partial charge >= 0.3 is 0 Å². The number of aromatic nitrogens is 2. The van der Waals surface area contributed by atoms with Gasteiger partial charge in [-0.3, -0.25) is 0 Å². The van der Waals surface area contributed by atoms with Crippen LogP contribution in [0.2, 0.25) is 0 Å². The Kier molecular flexibility index (Phi) is 3.86. The second-order valence-electron chi connectivity index (χ2n) is 5.58. The highest BCUT2D eigenvalue weighted by molar-refractivity contribution is 5.68. The van der Waals surface area contributed by atoms with Gasteiger partial charge in [0.1, 0.15) is 17.5 Å². The number of nitrogens with zero attached hydrogens (tertiary/aromatic N) is 2. The Labute approximate surface area is 124 Å². The summed E-state index contributed by atoms with van der Waals surface area (Å²) < 4.78 is 14.1. The van der Waals surface area contributed by atoms with Crippen LogP contribution in [-0.2, 0) is 0 Å². The van der Waals surface area contributed by atoms with Gasteiger partial charge in [0.05, 0.1) is 5.69 Å². The zero-order valence-electron chi connectivity index (χ0n) is 12.5. The second-order valence-corrected chi connectivity index (χ2v) is 5.58. The number of nitrogens with one attached hydrogen (secondary N) is 1. The first-order chi connectivity index (χ1) is 10.2. The Bertz CT molecular complexity index is 650. The van der Waals surface area contributed by atoms with Gasteiger partial charge in [0, 0.05) is 23.6 Å². The number of halogens is 1. The summed E-state index contributed by atoms with van der Waals surface area (Å²) in [4.78, 5) is 9.29. The summed E-state index contributed by atoms with van der Waals surface area (Å²) in [7, 11) is 0. The predicted octanol–water partition coefficient (Wildman–Crippen LogP) is 4.29. The average molecular weight is 285 g/mol. The van der Waals surface area contributed by atoms with Gasteiger partial charge in [0.2, 0.25) is 0 Å². The van der Waals surface area contributed by atoms with Gasteiger partial charge in [-0.15, -0.1) is 0 Å². The van der Waals surface area contributed by atoms with Crippen molar-refractivity contribution in [1.29, 1.82) is 0 Å². The fraction of sp³-hybridized carbons (Fsp3) is 0.412. The van der Waals surface area contributed by atoms with Crippen LogP contribution in [-0.4, -0.2) is 16.5 Å². The molecule has 3 nitrogen and oxygen atoms in total. The molecular formula is C17H20FN3. The molecule has 2 aromatic rings. The molecule has 1 heterocycles. The molecule has 21 heavy (non-hydrogen) atoms. The van der Waals surface area contributed by atoms with E-state index in [0.717, 1.165) is 43.0 Å². The topological polar surface area (TPSA) is 37.8 Å². The first kappa shape index (κ1) is 14.0. The molecule has 1 saturated carbocycles. The summed E-state index contributed by atoms with van der Waals surface area (Å²) in [5.41, 5.74) is 2.18. The summed E-state index contributed by atoms with van der Waals surface area (Å²) in [6.07, 6.45) is 3.29. The monoisotopic (exact) mass is 285 g/mol. The standard InChI is InChI=1S/C17H20FN3/c1-3-10-19-16-11(2)15(13-6-4-5-7-14(13)18)20-17(21-16)12-8-9-12/h4-7,12H,3,8-10H2,1-2H3,(H,19,20,21). The molecular weight excluding hydrogens is 265 g/mol. The number of anilines is 1. The van der Waals surface area contributed by atoms with Crippen molar-refractivity contribution in [3.8, 4) is 11.3 Å². The van der Waals surface area contributed by atoms with E-state index in [4.69, 9.17) is 0 Å². The van der Waals surface area contributed by atoms with Crippen molar-refractivity contribution in [3.63, 3.8) is 0 Å². The van der Waals surface area contributed by atoms with E-state index in [2.05, 4.69) is 22.2 Å².